The maximum Gasteiger partial charge on any atom is 0.134 e. The molecule has 0 saturated heterocycles. The summed E-state index contributed by atoms with van der Waals surface area (Å²) in [4.78, 5) is 4.61. The predicted octanol–water partition coefficient (Wildman–Crippen LogP) is 6.16. The SMILES string of the molecule is COc1ccc(-c2csc(/C(C#N)=C/C(Br)=C/c3ccccc3)n2)cc1. The highest BCUT2D eigenvalue weighted by Gasteiger charge is 2.09. The van der Waals surface area contributed by atoms with Crippen LogP contribution in [0.15, 0.2) is 70.5 Å². The third-order valence-electron chi connectivity index (χ3n) is 3.63. The molecule has 0 amide bonds. The van der Waals surface area contributed by atoms with Gasteiger partial charge < -0.3 is 4.74 Å². The van der Waals surface area contributed by atoms with E-state index in [2.05, 4.69) is 27.0 Å². The fraction of sp³-hybridized carbons (Fsp3) is 0.0476. The normalized spacial score (nSPS) is 11.9. The Bertz CT molecular complexity index is 983. The summed E-state index contributed by atoms with van der Waals surface area (Å²) in [6, 6.07) is 19.9. The number of hydrogen-bond acceptors (Lipinski definition) is 4. The number of thiazole rings is 1. The van der Waals surface area contributed by atoms with Crippen molar-refractivity contribution in [2.75, 3.05) is 7.11 Å². The number of methoxy groups -OCH3 is 1. The van der Waals surface area contributed by atoms with Crippen molar-refractivity contribution in [3.63, 3.8) is 0 Å². The molecule has 0 aliphatic carbocycles. The number of nitriles is 1. The Kier molecular flexibility index (Phi) is 6.00. The molecule has 0 aliphatic rings. The number of nitrogens with zero attached hydrogens (tertiary/aromatic N) is 2. The Labute approximate surface area is 165 Å². The summed E-state index contributed by atoms with van der Waals surface area (Å²) in [6.07, 6.45) is 3.76. The van der Waals surface area contributed by atoms with Gasteiger partial charge in [-0.2, -0.15) is 5.26 Å². The molecule has 128 valence electrons. The molecular formula is C21H15BrN2OS. The van der Waals surface area contributed by atoms with Crippen LogP contribution in [0, 0.1) is 11.3 Å². The Morgan fingerprint density at radius 3 is 2.54 bits per heavy atom. The van der Waals surface area contributed by atoms with Crippen molar-refractivity contribution in [2.24, 2.45) is 0 Å². The summed E-state index contributed by atoms with van der Waals surface area (Å²) in [5.41, 5.74) is 3.42. The molecule has 2 aromatic carbocycles. The maximum absolute atomic E-state index is 9.53. The van der Waals surface area contributed by atoms with Gasteiger partial charge in [0, 0.05) is 15.4 Å². The standard InChI is InChI=1S/C21H15BrN2OS/c1-25-19-9-7-16(8-10-19)20-14-26-21(24-20)17(13-23)12-18(22)11-15-5-3-2-4-6-15/h2-12,14H,1H3/b17-12+,18-11-. The number of ether oxygens (including phenoxy) is 1. The molecule has 0 fully saturated rings. The first-order chi connectivity index (χ1) is 12.7. The summed E-state index contributed by atoms with van der Waals surface area (Å²) in [7, 11) is 1.64. The number of aromatic nitrogens is 1. The molecule has 0 N–H and O–H groups in total. The third-order valence-corrected chi connectivity index (χ3v) is 4.96. The van der Waals surface area contributed by atoms with Gasteiger partial charge in [-0.3, -0.25) is 0 Å². The zero-order valence-electron chi connectivity index (χ0n) is 14.0. The topological polar surface area (TPSA) is 45.9 Å². The summed E-state index contributed by atoms with van der Waals surface area (Å²) < 4.78 is 6.00. The van der Waals surface area contributed by atoms with Gasteiger partial charge in [0.25, 0.3) is 0 Å². The zero-order chi connectivity index (χ0) is 18.4. The second-order valence-electron chi connectivity index (χ2n) is 5.38. The molecule has 0 saturated carbocycles. The highest BCUT2D eigenvalue weighted by atomic mass is 79.9. The van der Waals surface area contributed by atoms with E-state index in [-0.39, 0.29) is 0 Å². The van der Waals surface area contributed by atoms with Crippen LogP contribution in [0.1, 0.15) is 10.6 Å². The molecular weight excluding hydrogens is 408 g/mol. The molecule has 0 spiro atoms. The molecule has 0 aliphatic heterocycles. The quantitative estimate of drug-likeness (QED) is 0.365. The van der Waals surface area contributed by atoms with Crippen LogP contribution < -0.4 is 4.74 Å². The first-order valence-corrected chi connectivity index (χ1v) is 9.51. The number of halogens is 1. The van der Waals surface area contributed by atoms with Crippen molar-refractivity contribution < 1.29 is 4.74 Å². The fourth-order valence-corrected chi connectivity index (χ4v) is 3.61. The van der Waals surface area contributed by atoms with Crippen LogP contribution in [-0.2, 0) is 0 Å². The van der Waals surface area contributed by atoms with Crippen molar-refractivity contribution in [1.82, 2.24) is 4.98 Å². The van der Waals surface area contributed by atoms with E-state index in [1.807, 2.05) is 66.1 Å². The van der Waals surface area contributed by atoms with Crippen molar-refractivity contribution in [1.29, 1.82) is 5.26 Å². The van der Waals surface area contributed by atoms with Crippen molar-refractivity contribution in [3.8, 4) is 23.1 Å². The van der Waals surface area contributed by atoms with Gasteiger partial charge >= 0.3 is 0 Å². The lowest BCUT2D eigenvalue weighted by Gasteiger charge is -2.00. The Balaban J connectivity index is 1.86. The van der Waals surface area contributed by atoms with E-state index in [1.165, 1.54) is 11.3 Å². The smallest absolute Gasteiger partial charge is 0.134 e. The van der Waals surface area contributed by atoms with Crippen molar-refractivity contribution >= 4 is 38.9 Å². The van der Waals surface area contributed by atoms with Gasteiger partial charge in [-0.25, -0.2) is 4.98 Å². The van der Waals surface area contributed by atoms with Gasteiger partial charge in [0.15, 0.2) is 0 Å². The molecule has 0 radical (unpaired) electrons. The van der Waals surface area contributed by atoms with Crippen LogP contribution in [0.2, 0.25) is 0 Å². The van der Waals surface area contributed by atoms with E-state index < -0.39 is 0 Å². The van der Waals surface area contributed by atoms with Crippen LogP contribution in [-0.4, -0.2) is 12.1 Å². The Morgan fingerprint density at radius 1 is 1.15 bits per heavy atom. The second kappa shape index (κ2) is 8.61. The highest BCUT2D eigenvalue weighted by molar-refractivity contribution is 9.12. The predicted molar refractivity (Wildman–Crippen MR) is 111 cm³/mol. The van der Waals surface area contributed by atoms with Crippen LogP contribution in [0.4, 0.5) is 0 Å². The summed E-state index contributed by atoms with van der Waals surface area (Å²) >= 11 is 4.97. The van der Waals surface area contributed by atoms with Crippen LogP contribution in [0.25, 0.3) is 22.9 Å². The lowest BCUT2D eigenvalue weighted by molar-refractivity contribution is 0.415. The molecule has 1 heterocycles. The van der Waals surface area contributed by atoms with E-state index >= 15 is 0 Å². The lowest BCUT2D eigenvalue weighted by atomic mass is 10.1. The largest absolute Gasteiger partial charge is 0.497 e. The average molecular weight is 423 g/mol. The number of rotatable bonds is 5. The molecule has 26 heavy (non-hydrogen) atoms. The summed E-state index contributed by atoms with van der Waals surface area (Å²) in [5, 5.41) is 12.2. The maximum atomic E-state index is 9.53. The minimum atomic E-state index is 0.522. The molecule has 3 aromatic rings. The van der Waals surface area contributed by atoms with Crippen LogP contribution in [0.5, 0.6) is 5.75 Å². The van der Waals surface area contributed by atoms with Crippen molar-refractivity contribution in [3.05, 3.63) is 81.1 Å². The molecule has 3 rings (SSSR count). The molecule has 3 nitrogen and oxygen atoms in total. The van der Waals surface area contributed by atoms with E-state index in [4.69, 9.17) is 4.74 Å². The molecule has 5 heteroatoms. The summed E-state index contributed by atoms with van der Waals surface area (Å²) in [6.45, 7) is 0. The molecule has 0 bridgehead atoms. The first-order valence-electron chi connectivity index (χ1n) is 7.84. The van der Waals surface area contributed by atoms with Gasteiger partial charge in [-0.1, -0.05) is 46.3 Å². The number of allylic oxidation sites excluding steroid dienone is 3. The van der Waals surface area contributed by atoms with Crippen LogP contribution >= 0.6 is 27.3 Å². The van der Waals surface area contributed by atoms with Gasteiger partial charge in [0.1, 0.15) is 16.8 Å². The third kappa shape index (κ3) is 4.48. The summed E-state index contributed by atoms with van der Waals surface area (Å²) in [5.74, 6) is 0.803. The average Bonchev–Trinajstić information content (AvgIpc) is 3.17. The zero-order valence-corrected chi connectivity index (χ0v) is 16.4. The van der Waals surface area contributed by atoms with Gasteiger partial charge in [-0.15, -0.1) is 11.3 Å². The van der Waals surface area contributed by atoms with Gasteiger partial charge in [-0.05, 0) is 42.0 Å². The van der Waals surface area contributed by atoms with E-state index in [9.17, 15) is 5.26 Å². The highest BCUT2D eigenvalue weighted by Crippen LogP contribution is 2.28. The number of benzene rings is 2. The lowest BCUT2D eigenvalue weighted by Crippen LogP contribution is -1.84. The fourth-order valence-electron chi connectivity index (χ4n) is 2.32. The van der Waals surface area contributed by atoms with E-state index in [0.717, 1.165) is 27.1 Å². The number of hydrogen-bond donors (Lipinski definition) is 0. The van der Waals surface area contributed by atoms with Crippen LogP contribution in [0.3, 0.4) is 0 Å². The molecule has 0 unspecified atom stereocenters. The Hall–Kier alpha value is -2.68. The molecule has 0 atom stereocenters. The van der Waals surface area contributed by atoms with E-state index in [1.54, 1.807) is 13.2 Å². The monoisotopic (exact) mass is 422 g/mol. The minimum Gasteiger partial charge on any atom is -0.497 e. The van der Waals surface area contributed by atoms with E-state index in [0.29, 0.717) is 10.6 Å². The molecule has 1 aromatic heterocycles. The first kappa shape index (κ1) is 18.1. The van der Waals surface area contributed by atoms with Gasteiger partial charge in [0.2, 0.25) is 0 Å². The van der Waals surface area contributed by atoms with Crippen molar-refractivity contribution in [2.45, 2.75) is 0 Å². The van der Waals surface area contributed by atoms with Gasteiger partial charge in [0.05, 0.1) is 18.4 Å². The minimum absolute atomic E-state index is 0.522. The Morgan fingerprint density at radius 2 is 1.88 bits per heavy atom. The second-order valence-corrected chi connectivity index (χ2v) is 7.15.